The molecule has 1 aromatic carbocycles. The van der Waals surface area contributed by atoms with Crippen molar-refractivity contribution in [3.8, 4) is 11.6 Å². The van der Waals surface area contributed by atoms with Gasteiger partial charge >= 0.3 is 6.18 Å². The van der Waals surface area contributed by atoms with Gasteiger partial charge in [0.25, 0.3) is 11.8 Å². The van der Waals surface area contributed by atoms with Crippen molar-refractivity contribution in [2.75, 3.05) is 56.5 Å². The zero-order valence-corrected chi connectivity index (χ0v) is 27.5. The van der Waals surface area contributed by atoms with Crippen LogP contribution in [-0.2, 0) is 14.8 Å². The summed E-state index contributed by atoms with van der Waals surface area (Å²) < 4.78 is 92.3. The van der Waals surface area contributed by atoms with Gasteiger partial charge in [0.15, 0.2) is 5.82 Å². The lowest BCUT2D eigenvalue weighted by molar-refractivity contribution is -0.143. The molecule has 3 saturated heterocycles. The van der Waals surface area contributed by atoms with E-state index in [4.69, 9.17) is 9.47 Å². The summed E-state index contributed by atoms with van der Waals surface area (Å²) in [4.78, 5) is 22.5. The summed E-state index contributed by atoms with van der Waals surface area (Å²) in [5.41, 5.74) is -0.311. The molecule has 12 nitrogen and oxygen atoms in total. The molecule has 3 fully saturated rings. The number of nitrogens with zero attached hydrogens (tertiary/aromatic N) is 6. The van der Waals surface area contributed by atoms with E-state index < -0.39 is 40.5 Å². The summed E-state index contributed by atoms with van der Waals surface area (Å²) >= 11 is 0. The summed E-state index contributed by atoms with van der Waals surface area (Å²) in [5, 5.41) is 7.84. The number of aromatic nitrogens is 3. The summed E-state index contributed by atoms with van der Waals surface area (Å²) in [5.74, 6) is -1.61. The highest BCUT2D eigenvalue weighted by molar-refractivity contribution is 7.89. The second kappa shape index (κ2) is 14.1. The molecule has 0 saturated carbocycles. The Hall–Kier alpha value is -3.15. The van der Waals surface area contributed by atoms with Crippen LogP contribution in [0.4, 0.5) is 23.4 Å². The average molecular weight is 688 g/mol. The maximum Gasteiger partial charge on any atom is 0.406 e. The number of halogens is 4. The van der Waals surface area contributed by atoms with Crippen LogP contribution < -0.4 is 14.4 Å². The number of hydrogen-bond donors (Lipinski definition) is 1. The van der Waals surface area contributed by atoms with E-state index in [1.54, 1.807) is 6.92 Å². The largest absolute Gasteiger partial charge is 0.434 e. The van der Waals surface area contributed by atoms with Gasteiger partial charge in [0.05, 0.1) is 24.0 Å². The molecule has 1 N–H and O–H groups in total. The Balaban J connectivity index is 1.18. The Morgan fingerprint density at radius 2 is 1.94 bits per heavy atom. The number of rotatable bonds is 11. The van der Waals surface area contributed by atoms with Gasteiger partial charge in [-0.1, -0.05) is 0 Å². The SMILES string of the molecule is CCS(=O)(=O)N[C@@H]1CC[C@@H](CN2CCC3(CC2)CN(c2ncnnc2Oc2ccc(F)cc2C(=O)N(CC(F)(F)F)C(C)C)C3)OC1. The first-order valence-corrected chi connectivity index (χ1v) is 17.4. The van der Waals surface area contributed by atoms with Crippen LogP contribution in [0.25, 0.3) is 0 Å². The Kier molecular flexibility index (Phi) is 10.6. The predicted octanol–water partition coefficient (Wildman–Crippen LogP) is 3.61. The minimum absolute atomic E-state index is 0.0404. The third kappa shape index (κ3) is 8.86. The van der Waals surface area contributed by atoms with Gasteiger partial charge < -0.3 is 24.2 Å². The first kappa shape index (κ1) is 35.2. The van der Waals surface area contributed by atoms with Gasteiger partial charge in [0.2, 0.25) is 10.0 Å². The van der Waals surface area contributed by atoms with E-state index in [-0.39, 0.29) is 40.5 Å². The fraction of sp³-hybridized carbons (Fsp3) is 0.667. The van der Waals surface area contributed by atoms with E-state index in [1.807, 2.05) is 4.90 Å². The Bertz CT molecular complexity index is 1510. The maximum absolute atomic E-state index is 14.2. The number of nitrogens with one attached hydrogen (secondary N) is 1. The highest BCUT2D eigenvalue weighted by Gasteiger charge is 2.47. The number of benzene rings is 1. The van der Waals surface area contributed by atoms with Crippen LogP contribution in [-0.4, -0.2) is 115 Å². The van der Waals surface area contributed by atoms with Crippen LogP contribution in [0.3, 0.4) is 0 Å². The van der Waals surface area contributed by atoms with Gasteiger partial charge in [0, 0.05) is 37.1 Å². The average Bonchev–Trinajstić information content (AvgIpc) is 3.00. The van der Waals surface area contributed by atoms with E-state index in [9.17, 15) is 30.8 Å². The minimum Gasteiger partial charge on any atom is -0.434 e. The maximum atomic E-state index is 14.2. The standard InChI is InChI=1S/C30H41F4N7O5S/c1-4-47(43,44)38-22-6-7-23(45-15-22)14-39-11-9-29(10-12-39)16-40(17-29)26-27(37-36-19-35-26)46-25-8-5-21(31)13-24(25)28(42)41(20(2)3)18-30(32,33)34/h5,8,13,19-20,22-23,38H,4,6-7,9-12,14-18H2,1-3H3/t22-,23+/m1/s1. The first-order valence-electron chi connectivity index (χ1n) is 15.8. The normalized spacial score (nSPS) is 21.9. The summed E-state index contributed by atoms with van der Waals surface area (Å²) in [6.45, 7) is 7.28. The molecule has 1 aromatic heterocycles. The molecule has 3 aliphatic rings. The number of ether oxygens (including phenoxy) is 2. The van der Waals surface area contributed by atoms with E-state index in [0.717, 1.165) is 57.5 Å². The highest BCUT2D eigenvalue weighted by atomic mass is 32.2. The monoisotopic (exact) mass is 687 g/mol. The van der Waals surface area contributed by atoms with Gasteiger partial charge in [0.1, 0.15) is 24.4 Å². The number of sulfonamides is 1. The molecular weight excluding hydrogens is 646 g/mol. The van der Waals surface area contributed by atoms with Crippen LogP contribution in [0.15, 0.2) is 24.5 Å². The van der Waals surface area contributed by atoms with E-state index in [2.05, 4.69) is 24.8 Å². The van der Waals surface area contributed by atoms with E-state index in [1.165, 1.54) is 26.2 Å². The zero-order chi connectivity index (χ0) is 34.0. The van der Waals surface area contributed by atoms with Crippen LogP contribution in [0, 0.1) is 11.2 Å². The van der Waals surface area contributed by atoms with Crippen molar-refractivity contribution in [1.29, 1.82) is 0 Å². The number of alkyl halides is 3. The Morgan fingerprint density at radius 1 is 1.21 bits per heavy atom. The van der Waals surface area contributed by atoms with Gasteiger partial charge in [-0.3, -0.25) is 4.79 Å². The van der Waals surface area contributed by atoms with Crippen LogP contribution in [0.1, 0.15) is 56.8 Å². The van der Waals surface area contributed by atoms with Gasteiger partial charge in [-0.25, -0.2) is 22.5 Å². The van der Waals surface area contributed by atoms with Gasteiger partial charge in [-0.2, -0.15) is 13.2 Å². The molecule has 0 unspecified atom stereocenters. The van der Waals surface area contributed by atoms with Crippen molar-refractivity contribution in [3.05, 3.63) is 35.9 Å². The molecule has 1 spiro atoms. The van der Waals surface area contributed by atoms with Crippen LogP contribution in [0.5, 0.6) is 11.6 Å². The van der Waals surface area contributed by atoms with Crippen molar-refractivity contribution in [2.45, 2.75) is 70.8 Å². The third-order valence-corrected chi connectivity index (χ3v) is 10.5. The highest BCUT2D eigenvalue weighted by Crippen LogP contribution is 2.44. The number of hydrogen-bond acceptors (Lipinski definition) is 10. The number of piperidine rings is 1. The van der Waals surface area contributed by atoms with Crippen molar-refractivity contribution in [2.24, 2.45) is 5.41 Å². The molecule has 17 heteroatoms. The number of carbonyl (C=O) groups is 1. The van der Waals surface area contributed by atoms with Crippen molar-refractivity contribution in [1.82, 2.24) is 29.7 Å². The Labute approximate surface area is 271 Å². The molecule has 0 bridgehead atoms. The molecule has 260 valence electrons. The van der Waals surface area contributed by atoms with Gasteiger partial charge in [-0.05, 0) is 77.7 Å². The second-order valence-corrected chi connectivity index (χ2v) is 14.9. The molecule has 1 amide bonds. The minimum atomic E-state index is -4.65. The lowest BCUT2D eigenvalue weighted by Crippen LogP contribution is -2.61. The van der Waals surface area contributed by atoms with E-state index >= 15 is 0 Å². The first-order chi connectivity index (χ1) is 22.2. The topological polar surface area (TPSA) is 130 Å². The fourth-order valence-electron chi connectivity index (χ4n) is 6.35. The van der Waals surface area contributed by atoms with Crippen molar-refractivity contribution in [3.63, 3.8) is 0 Å². The van der Waals surface area contributed by atoms with Gasteiger partial charge in [-0.15, -0.1) is 10.2 Å². The number of amides is 1. The summed E-state index contributed by atoms with van der Waals surface area (Å²) in [7, 11) is -3.26. The fourth-order valence-corrected chi connectivity index (χ4v) is 7.21. The quantitative estimate of drug-likeness (QED) is 0.350. The number of anilines is 1. The molecule has 4 heterocycles. The summed E-state index contributed by atoms with van der Waals surface area (Å²) in [6, 6.07) is 2.08. The lowest BCUT2D eigenvalue weighted by atomic mass is 9.72. The van der Waals surface area contributed by atoms with Crippen molar-refractivity contribution < 1.29 is 40.2 Å². The molecule has 0 radical (unpaired) electrons. The zero-order valence-electron chi connectivity index (χ0n) is 26.7. The molecule has 3 aliphatic heterocycles. The number of likely N-dealkylation sites (tertiary alicyclic amines) is 1. The second-order valence-electron chi connectivity index (χ2n) is 12.9. The lowest BCUT2D eigenvalue weighted by Gasteiger charge is -2.54. The predicted molar refractivity (Wildman–Crippen MR) is 164 cm³/mol. The Morgan fingerprint density at radius 3 is 2.55 bits per heavy atom. The van der Waals surface area contributed by atoms with Crippen LogP contribution >= 0.6 is 0 Å². The smallest absolute Gasteiger partial charge is 0.406 e. The molecule has 5 rings (SSSR count). The van der Waals surface area contributed by atoms with Crippen molar-refractivity contribution >= 4 is 21.7 Å². The molecule has 2 aromatic rings. The van der Waals surface area contributed by atoms with Crippen LogP contribution in [0.2, 0.25) is 0 Å². The van der Waals surface area contributed by atoms with E-state index in [0.29, 0.717) is 30.4 Å². The molecule has 0 aliphatic carbocycles. The molecule has 2 atom stereocenters. The third-order valence-electron chi connectivity index (χ3n) is 9.01. The number of carbonyl (C=O) groups excluding carboxylic acids is 1. The molecule has 47 heavy (non-hydrogen) atoms. The molecular formula is C30H41F4N7O5S. The summed E-state index contributed by atoms with van der Waals surface area (Å²) in [6.07, 6.45) is 0.0975.